The van der Waals surface area contributed by atoms with Gasteiger partial charge < -0.3 is 29.0 Å². The van der Waals surface area contributed by atoms with Crippen molar-refractivity contribution >= 4 is 5.91 Å². The summed E-state index contributed by atoms with van der Waals surface area (Å²) in [5.41, 5.74) is 3.28. The smallest absolute Gasteiger partial charge is 0.258 e. The number of carbonyl (C=O) groups is 1. The molecule has 1 N–H and O–H groups in total. The average molecular weight is 367 g/mol. The van der Waals surface area contributed by atoms with Crippen molar-refractivity contribution in [2.24, 2.45) is 0 Å². The number of ether oxygens (including phenoxy) is 4. The van der Waals surface area contributed by atoms with Crippen molar-refractivity contribution in [3.8, 4) is 23.0 Å². The number of rotatable bonds is 0. The van der Waals surface area contributed by atoms with E-state index >= 15 is 0 Å². The van der Waals surface area contributed by atoms with Crippen molar-refractivity contribution in [1.29, 1.82) is 0 Å². The third-order valence-corrected chi connectivity index (χ3v) is 6.02. The number of aliphatic hydroxyl groups excluding tert-OH is 1. The Bertz CT molecular complexity index is 1000. The normalized spacial score (nSPS) is 26.5. The SMILES string of the molecule is CN1C(=O)c2c(ccc3c2OCO3)[C@H]2[C@H]1c1cc3c(cc1C[C@@H]2O)OCO3. The highest BCUT2D eigenvalue weighted by molar-refractivity contribution is 6.01. The highest BCUT2D eigenvalue weighted by Gasteiger charge is 2.48. The molecule has 3 atom stereocenters. The maximum absolute atomic E-state index is 13.2. The van der Waals surface area contributed by atoms with E-state index in [0.717, 1.165) is 16.7 Å². The molecule has 27 heavy (non-hydrogen) atoms. The van der Waals surface area contributed by atoms with Gasteiger partial charge >= 0.3 is 0 Å². The molecule has 4 aliphatic rings. The summed E-state index contributed by atoms with van der Waals surface area (Å²) in [7, 11) is 1.77. The first-order chi connectivity index (χ1) is 13.1. The van der Waals surface area contributed by atoms with E-state index in [1.165, 1.54) is 0 Å². The molecule has 0 saturated heterocycles. The lowest BCUT2D eigenvalue weighted by Gasteiger charge is -2.46. The number of likely N-dealkylation sites (N-methyl/N-ethyl adjacent to an activating group) is 1. The van der Waals surface area contributed by atoms with Crippen molar-refractivity contribution < 1.29 is 28.8 Å². The molecule has 2 aromatic rings. The molecule has 7 nitrogen and oxygen atoms in total. The summed E-state index contributed by atoms with van der Waals surface area (Å²) >= 11 is 0. The Balaban J connectivity index is 1.57. The van der Waals surface area contributed by atoms with Gasteiger partial charge in [-0.25, -0.2) is 0 Å². The van der Waals surface area contributed by atoms with Gasteiger partial charge in [-0.2, -0.15) is 0 Å². The van der Waals surface area contributed by atoms with Crippen LogP contribution in [0.1, 0.15) is 39.0 Å². The molecule has 7 heteroatoms. The maximum atomic E-state index is 13.2. The molecule has 138 valence electrons. The first kappa shape index (κ1) is 15.2. The second-order valence-corrected chi connectivity index (χ2v) is 7.33. The topological polar surface area (TPSA) is 77.5 Å². The fraction of sp³-hybridized carbons (Fsp3) is 0.350. The molecule has 2 aromatic carbocycles. The Hall–Kier alpha value is -2.93. The van der Waals surface area contributed by atoms with Crippen LogP contribution in [0.2, 0.25) is 0 Å². The fourth-order valence-electron chi connectivity index (χ4n) is 4.82. The zero-order valence-electron chi connectivity index (χ0n) is 14.6. The first-order valence-corrected chi connectivity index (χ1v) is 8.93. The number of carbonyl (C=O) groups excluding carboxylic acids is 1. The summed E-state index contributed by atoms with van der Waals surface area (Å²) in [5, 5.41) is 11.0. The quantitative estimate of drug-likeness (QED) is 0.767. The van der Waals surface area contributed by atoms with Crippen LogP contribution >= 0.6 is 0 Å². The molecule has 0 saturated carbocycles. The van der Waals surface area contributed by atoms with Crippen LogP contribution in [0.3, 0.4) is 0 Å². The zero-order valence-corrected chi connectivity index (χ0v) is 14.6. The minimum Gasteiger partial charge on any atom is -0.454 e. The summed E-state index contributed by atoms with van der Waals surface area (Å²) < 4.78 is 22.0. The lowest BCUT2D eigenvalue weighted by molar-refractivity contribution is 0.0447. The molecule has 0 fully saturated rings. The Morgan fingerprint density at radius 1 is 1.00 bits per heavy atom. The van der Waals surface area contributed by atoms with Gasteiger partial charge in [-0.15, -0.1) is 0 Å². The van der Waals surface area contributed by atoms with Gasteiger partial charge in [-0.05, 0) is 41.3 Å². The van der Waals surface area contributed by atoms with Crippen LogP contribution < -0.4 is 18.9 Å². The number of nitrogens with zero attached hydrogens (tertiary/aromatic N) is 1. The van der Waals surface area contributed by atoms with Crippen LogP contribution in [0.4, 0.5) is 0 Å². The summed E-state index contributed by atoms with van der Waals surface area (Å²) in [6, 6.07) is 7.29. The van der Waals surface area contributed by atoms with Gasteiger partial charge in [-0.3, -0.25) is 4.79 Å². The lowest BCUT2D eigenvalue weighted by atomic mass is 9.70. The van der Waals surface area contributed by atoms with Gasteiger partial charge in [0.2, 0.25) is 13.6 Å². The van der Waals surface area contributed by atoms with E-state index in [2.05, 4.69) is 0 Å². The van der Waals surface area contributed by atoms with Gasteiger partial charge in [0.15, 0.2) is 23.0 Å². The highest BCUT2D eigenvalue weighted by Crippen LogP contribution is 2.54. The molecule has 6 rings (SSSR count). The molecular weight excluding hydrogens is 350 g/mol. The second-order valence-electron chi connectivity index (χ2n) is 7.33. The Morgan fingerprint density at radius 3 is 2.59 bits per heavy atom. The van der Waals surface area contributed by atoms with Crippen LogP contribution in [0.15, 0.2) is 24.3 Å². The molecule has 0 unspecified atom stereocenters. The van der Waals surface area contributed by atoms with E-state index in [1.54, 1.807) is 11.9 Å². The molecule has 0 aromatic heterocycles. The van der Waals surface area contributed by atoms with E-state index in [-0.39, 0.29) is 31.5 Å². The largest absolute Gasteiger partial charge is 0.454 e. The summed E-state index contributed by atoms with van der Waals surface area (Å²) in [4.78, 5) is 14.9. The molecule has 3 aliphatic heterocycles. The minimum absolute atomic E-state index is 0.103. The summed E-state index contributed by atoms with van der Waals surface area (Å²) in [5.74, 6) is 2.04. The standard InChI is InChI=1S/C20H17NO6/c1-21-18-11-6-15-14(25-7-26-15)5-9(11)4-12(22)16(18)10-2-3-13-19(27-8-24-13)17(10)20(21)23/h2-3,5-6,12,16,18,22H,4,7-8H2,1H3/t12-,16+,18+/m0/s1. The minimum atomic E-state index is -0.627. The van der Waals surface area contributed by atoms with Crippen LogP contribution in [-0.4, -0.2) is 42.7 Å². The Labute approximate surface area is 155 Å². The zero-order chi connectivity index (χ0) is 18.3. The lowest BCUT2D eigenvalue weighted by Crippen LogP contribution is -2.47. The molecular formula is C20H17NO6. The van der Waals surface area contributed by atoms with Crippen LogP contribution in [0, 0.1) is 0 Å². The van der Waals surface area contributed by atoms with Crippen molar-refractivity contribution in [1.82, 2.24) is 4.90 Å². The van der Waals surface area contributed by atoms with Crippen molar-refractivity contribution in [3.63, 3.8) is 0 Å². The molecule has 0 spiro atoms. The predicted molar refractivity (Wildman–Crippen MR) is 92.4 cm³/mol. The number of hydrogen-bond donors (Lipinski definition) is 1. The summed E-state index contributed by atoms with van der Waals surface area (Å²) in [6.45, 7) is 0.293. The predicted octanol–water partition coefficient (Wildman–Crippen LogP) is 1.97. The summed E-state index contributed by atoms with van der Waals surface area (Å²) in [6.07, 6.45) is -0.138. The average Bonchev–Trinajstić information content (AvgIpc) is 3.31. The van der Waals surface area contributed by atoms with Crippen molar-refractivity contribution in [2.75, 3.05) is 20.6 Å². The molecule has 1 aliphatic carbocycles. The third-order valence-electron chi connectivity index (χ3n) is 6.02. The number of benzene rings is 2. The number of aliphatic hydroxyl groups is 1. The number of fused-ring (bicyclic) bond motifs is 8. The van der Waals surface area contributed by atoms with Gasteiger partial charge in [-0.1, -0.05) is 6.07 Å². The van der Waals surface area contributed by atoms with Gasteiger partial charge in [0.25, 0.3) is 5.91 Å². The second kappa shape index (κ2) is 5.07. The van der Waals surface area contributed by atoms with E-state index in [0.29, 0.717) is 35.0 Å². The van der Waals surface area contributed by atoms with E-state index < -0.39 is 6.10 Å². The van der Waals surface area contributed by atoms with Crippen LogP contribution in [0.5, 0.6) is 23.0 Å². The maximum Gasteiger partial charge on any atom is 0.258 e. The third kappa shape index (κ3) is 1.87. The molecule has 1 amide bonds. The monoisotopic (exact) mass is 367 g/mol. The molecule has 0 radical (unpaired) electrons. The highest BCUT2D eigenvalue weighted by atomic mass is 16.7. The molecule has 0 bridgehead atoms. The van der Waals surface area contributed by atoms with Gasteiger partial charge in [0, 0.05) is 13.0 Å². The molecule has 3 heterocycles. The van der Waals surface area contributed by atoms with E-state index in [9.17, 15) is 9.90 Å². The van der Waals surface area contributed by atoms with Crippen LogP contribution in [0.25, 0.3) is 0 Å². The first-order valence-electron chi connectivity index (χ1n) is 8.93. The Kier molecular flexibility index (Phi) is 2.85. The van der Waals surface area contributed by atoms with Gasteiger partial charge in [0.05, 0.1) is 17.7 Å². The Morgan fingerprint density at radius 2 is 1.74 bits per heavy atom. The van der Waals surface area contributed by atoms with E-state index in [4.69, 9.17) is 18.9 Å². The van der Waals surface area contributed by atoms with Gasteiger partial charge in [0.1, 0.15) is 0 Å². The number of hydrogen-bond acceptors (Lipinski definition) is 6. The van der Waals surface area contributed by atoms with Crippen LogP contribution in [-0.2, 0) is 6.42 Å². The fourth-order valence-corrected chi connectivity index (χ4v) is 4.82. The van der Waals surface area contributed by atoms with E-state index in [1.807, 2.05) is 24.3 Å². The van der Waals surface area contributed by atoms with Crippen molar-refractivity contribution in [3.05, 3.63) is 46.5 Å². The number of amides is 1. The van der Waals surface area contributed by atoms with Crippen molar-refractivity contribution in [2.45, 2.75) is 24.5 Å².